The van der Waals surface area contributed by atoms with Crippen molar-refractivity contribution >= 4 is 43.9 Å². The molecule has 3 aromatic heterocycles. The van der Waals surface area contributed by atoms with E-state index in [2.05, 4.69) is 158 Å². The normalized spacial score (nSPS) is 11.5. The topological polar surface area (TPSA) is 65.0 Å². The summed E-state index contributed by atoms with van der Waals surface area (Å²) in [5.41, 5.74) is 14.6. The lowest BCUT2D eigenvalue weighted by molar-refractivity contribution is 0.670. The number of aromatic nitrogens is 3. The maximum Gasteiger partial charge on any atom is 0.164 e. The molecule has 0 spiro atoms. The zero-order valence-electron chi connectivity index (χ0n) is 33.4. The van der Waals surface area contributed by atoms with Crippen LogP contribution < -0.4 is 0 Å². The molecule has 5 heteroatoms. The summed E-state index contributed by atoms with van der Waals surface area (Å²) in [6.45, 7) is 0. The Morgan fingerprint density at radius 1 is 0.242 bits per heavy atom. The average Bonchev–Trinajstić information content (AvgIpc) is 3.92. The van der Waals surface area contributed by atoms with Crippen LogP contribution in [-0.2, 0) is 0 Å². The van der Waals surface area contributed by atoms with Crippen LogP contribution in [0.25, 0.3) is 123 Å². The predicted molar refractivity (Wildman–Crippen MR) is 252 cm³/mol. The van der Waals surface area contributed by atoms with Crippen LogP contribution in [0.5, 0.6) is 0 Å². The SMILES string of the molecule is c1ccc(-c2cc(-c3ccccc3)c3oc4cc(-c5nc(-c6ccccc6)nc(-c6ccc7c(c6)oc6c(-c8ccccc8)cc(-c8ccccc8)cc67)n5)ccc4c3c2)cc1. The summed E-state index contributed by atoms with van der Waals surface area (Å²) in [5.74, 6) is 1.68. The zero-order valence-corrected chi connectivity index (χ0v) is 33.4. The highest BCUT2D eigenvalue weighted by molar-refractivity contribution is 6.13. The molecule has 0 unspecified atom stereocenters. The van der Waals surface area contributed by atoms with Crippen molar-refractivity contribution in [2.45, 2.75) is 0 Å². The molecule has 0 atom stereocenters. The largest absolute Gasteiger partial charge is 0.455 e. The van der Waals surface area contributed by atoms with Crippen molar-refractivity contribution in [2.75, 3.05) is 0 Å². The Hall–Kier alpha value is -8.41. The summed E-state index contributed by atoms with van der Waals surface area (Å²) in [7, 11) is 0. The van der Waals surface area contributed by atoms with E-state index >= 15 is 0 Å². The van der Waals surface area contributed by atoms with Crippen LogP contribution in [-0.4, -0.2) is 15.0 Å². The van der Waals surface area contributed by atoms with Gasteiger partial charge in [0.05, 0.1) is 0 Å². The van der Waals surface area contributed by atoms with Crippen molar-refractivity contribution in [1.82, 2.24) is 15.0 Å². The van der Waals surface area contributed by atoms with Crippen molar-refractivity contribution in [3.8, 4) is 78.7 Å². The molecule has 0 bridgehead atoms. The molecular formula is C57H35N3O2. The number of benzene rings is 9. The van der Waals surface area contributed by atoms with Crippen molar-refractivity contribution in [3.63, 3.8) is 0 Å². The molecule has 5 nitrogen and oxygen atoms in total. The van der Waals surface area contributed by atoms with Crippen LogP contribution >= 0.6 is 0 Å². The standard InChI is InChI=1S/C57H35N3O2/c1-6-16-36(17-7-1)43-30-47(38-20-10-3-11-21-38)53-49(32-43)45-28-26-41(34-51(45)61-53)56-58-55(40-24-14-5-15-25-40)59-57(60-56)42-27-29-46-50-33-44(37-18-8-2-9-19-37)31-48(39-22-12-4-13-23-39)54(50)62-52(46)35-42/h1-35H. The minimum absolute atomic E-state index is 0.549. The summed E-state index contributed by atoms with van der Waals surface area (Å²) in [6, 6.07) is 73.3. The van der Waals surface area contributed by atoms with Gasteiger partial charge in [-0.05, 0) is 81.9 Å². The van der Waals surface area contributed by atoms with Gasteiger partial charge in [0.25, 0.3) is 0 Å². The summed E-state index contributed by atoms with van der Waals surface area (Å²) in [5, 5.41) is 4.16. The molecule has 0 aliphatic rings. The van der Waals surface area contributed by atoms with Gasteiger partial charge in [-0.25, -0.2) is 15.0 Å². The van der Waals surface area contributed by atoms with Crippen LogP contribution in [0, 0.1) is 0 Å². The fourth-order valence-corrected chi connectivity index (χ4v) is 8.64. The summed E-state index contributed by atoms with van der Waals surface area (Å²) < 4.78 is 13.6. The second-order valence-electron chi connectivity index (χ2n) is 15.6. The molecule has 62 heavy (non-hydrogen) atoms. The fraction of sp³-hybridized carbons (Fsp3) is 0. The lowest BCUT2D eigenvalue weighted by Gasteiger charge is -2.08. The van der Waals surface area contributed by atoms with Crippen LogP contribution in [0.3, 0.4) is 0 Å². The minimum atomic E-state index is 0.549. The van der Waals surface area contributed by atoms with Gasteiger partial charge in [0, 0.05) is 49.4 Å². The van der Waals surface area contributed by atoms with Gasteiger partial charge in [0.2, 0.25) is 0 Å². The van der Waals surface area contributed by atoms with Crippen LogP contribution in [0.2, 0.25) is 0 Å². The van der Waals surface area contributed by atoms with E-state index in [1.165, 1.54) is 0 Å². The predicted octanol–water partition coefficient (Wildman–Crippen LogP) is 15.3. The maximum absolute atomic E-state index is 6.79. The highest BCUT2D eigenvalue weighted by Crippen LogP contribution is 2.43. The highest BCUT2D eigenvalue weighted by Gasteiger charge is 2.20. The Bertz CT molecular complexity index is 3380. The zero-order chi connectivity index (χ0) is 41.0. The molecule has 0 fully saturated rings. The molecule has 0 radical (unpaired) electrons. The van der Waals surface area contributed by atoms with Gasteiger partial charge in [0.1, 0.15) is 22.3 Å². The summed E-state index contributed by atoms with van der Waals surface area (Å²) in [4.78, 5) is 15.3. The van der Waals surface area contributed by atoms with E-state index in [9.17, 15) is 0 Å². The molecule has 0 aliphatic heterocycles. The minimum Gasteiger partial charge on any atom is -0.455 e. The molecule has 0 amide bonds. The first-order valence-electron chi connectivity index (χ1n) is 20.7. The second kappa shape index (κ2) is 14.7. The van der Waals surface area contributed by atoms with Gasteiger partial charge in [-0.1, -0.05) is 164 Å². The number of hydrogen-bond acceptors (Lipinski definition) is 5. The number of fused-ring (bicyclic) bond motifs is 6. The van der Waals surface area contributed by atoms with Crippen LogP contribution in [0.15, 0.2) is 221 Å². The first-order chi connectivity index (χ1) is 30.7. The van der Waals surface area contributed by atoms with Gasteiger partial charge in [0.15, 0.2) is 17.5 Å². The van der Waals surface area contributed by atoms with E-state index in [0.717, 1.165) is 105 Å². The van der Waals surface area contributed by atoms with Crippen molar-refractivity contribution in [3.05, 3.63) is 212 Å². The lowest BCUT2D eigenvalue weighted by Crippen LogP contribution is -2.00. The third-order valence-electron chi connectivity index (χ3n) is 11.7. The molecule has 0 aliphatic carbocycles. The van der Waals surface area contributed by atoms with Crippen molar-refractivity contribution in [1.29, 1.82) is 0 Å². The molecule has 290 valence electrons. The van der Waals surface area contributed by atoms with Gasteiger partial charge in [-0.3, -0.25) is 0 Å². The van der Waals surface area contributed by atoms with Crippen molar-refractivity contribution < 1.29 is 8.83 Å². The molecule has 9 aromatic carbocycles. The van der Waals surface area contributed by atoms with Gasteiger partial charge >= 0.3 is 0 Å². The van der Waals surface area contributed by atoms with Gasteiger partial charge in [-0.2, -0.15) is 0 Å². The third kappa shape index (κ3) is 6.23. The average molecular weight is 794 g/mol. The van der Waals surface area contributed by atoms with E-state index < -0.39 is 0 Å². The Morgan fingerprint density at radius 3 is 0.968 bits per heavy atom. The Balaban J connectivity index is 1.02. The highest BCUT2D eigenvalue weighted by atomic mass is 16.3. The van der Waals surface area contributed by atoms with E-state index in [4.69, 9.17) is 23.8 Å². The number of hydrogen-bond donors (Lipinski definition) is 0. The molecule has 3 heterocycles. The Kier molecular flexibility index (Phi) is 8.42. The van der Waals surface area contributed by atoms with Crippen LogP contribution in [0.4, 0.5) is 0 Å². The summed E-state index contributed by atoms with van der Waals surface area (Å²) >= 11 is 0. The monoisotopic (exact) mass is 793 g/mol. The molecule has 0 saturated carbocycles. The van der Waals surface area contributed by atoms with Crippen LogP contribution in [0.1, 0.15) is 0 Å². The molecule has 12 aromatic rings. The number of furan rings is 2. The lowest BCUT2D eigenvalue weighted by atomic mass is 9.95. The summed E-state index contributed by atoms with van der Waals surface area (Å²) in [6.07, 6.45) is 0. The molecule has 12 rings (SSSR count). The Morgan fingerprint density at radius 2 is 0.581 bits per heavy atom. The van der Waals surface area contributed by atoms with E-state index in [0.29, 0.717) is 17.5 Å². The quantitative estimate of drug-likeness (QED) is 0.161. The Labute approximate surface area is 357 Å². The van der Waals surface area contributed by atoms with Gasteiger partial charge < -0.3 is 8.83 Å². The fourth-order valence-electron chi connectivity index (χ4n) is 8.64. The second-order valence-corrected chi connectivity index (χ2v) is 15.6. The van der Waals surface area contributed by atoms with Gasteiger partial charge in [-0.15, -0.1) is 0 Å². The smallest absolute Gasteiger partial charge is 0.164 e. The molecular weight excluding hydrogens is 759 g/mol. The van der Waals surface area contributed by atoms with E-state index in [1.807, 2.05) is 54.6 Å². The number of rotatable bonds is 7. The first kappa shape index (κ1) is 35.5. The van der Waals surface area contributed by atoms with E-state index in [-0.39, 0.29) is 0 Å². The number of nitrogens with zero attached hydrogens (tertiary/aromatic N) is 3. The molecule has 0 N–H and O–H groups in total. The van der Waals surface area contributed by atoms with E-state index in [1.54, 1.807) is 0 Å². The third-order valence-corrected chi connectivity index (χ3v) is 11.7. The van der Waals surface area contributed by atoms with Crippen molar-refractivity contribution in [2.24, 2.45) is 0 Å². The maximum atomic E-state index is 6.79. The first-order valence-corrected chi connectivity index (χ1v) is 20.7. The molecule has 0 saturated heterocycles.